The first-order chi connectivity index (χ1) is 11.2. The Morgan fingerprint density at radius 2 is 2.22 bits per heavy atom. The van der Waals surface area contributed by atoms with Gasteiger partial charge in [0.2, 0.25) is 0 Å². The van der Waals surface area contributed by atoms with Crippen molar-refractivity contribution in [3.8, 4) is 0 Å². The minimum atomic E-state index is -1.25. The van der Waals surface area contributed by atoms with Gasteiger partial charge in [0.15, 0.2) is 11.5 Å². The van der Waals surface area contributed by atoms with Gasteiger partial charge < -0.3 is 5.11 Å². The predicted octanol–water partition coefficient (Wildman–Crippen LogP) is 2.37. The molecular weight excluding hydrogens is 298 g/mol. The van der Waals surface area contributed by atoms with Gasteiger partial charge in [0, 0.05) is 24.5 Å². The normalized spacial score (nSPS) is 17.8. The van der Waals surface area contributed by atoms with E-state index in [1.807, 2.05) is 18.2 Å². The molecule has 1 aromatic carbocycles. The molecule has 1 saturated heterocycles. The zero-order valence-corrected chi connectivity index (χ0v) is 12.3. The maximum atomic E-state index is 11.1. The van der Waals surface area contributed by atoms with Crippen molar-refractivity contribution in [3.05, 3.63) is 52.0 Å². The highest BCUT2D eigenvalue weighted by atomic mass is 16.4. The van der Waals surface area contributed by atoms with Crippen LogP contribution >= 0.6 is 0 Å². The smallest absolute Gasteiger partial charge is 0.358 e. The molecule has 0 bridgehead atoms. The van der Waals surface area contributed by atoms with Crippen LogP contribution in [0.3, 0.4) is 0 Å². The highest BCUT2D eigenvalue weighted by Crippen LogP contribution is 2.28. The third kappa shape index (κ3) is 3.15. The highest BCUT2D eigenvalue weighted by Gasteiger charge is 2.29. The van der Waals surface area contributed by atoms with Crippen LogP contribution < -0.4 is 0 Å². The molecule has 0 spiro atoms. The quantitative estimate of drug-likeness (QED) is 0.516. The highest BCUT2D eigenvalue weighted by molar-refractivity contribution is 5.89. The molecule has 0 radical (unpaired) electrons. The summed E-state index contributed by atoms with van der Waals surface area (Å²) in [6.45, 7) is 2.37. The van der Waals surface area contributed by atoms with Crippen LogP contribution in [-0.2, 0) is 6.54 Å². The second-order valence-corrected chi connectivity index (χ2v) is 5.36. The molecule has 0 saturated carbocycles. The summed E-state index contributed by atoms with van der Waals surface area (Å²) in [5, 5.41) is 20.0. The van der Waals surface area contributed by atoms with Gasteiger partial charge in [-0.3, -0.25) is 4.90 Å². The summed E-state index contributed by atoms with van der Waals surface area (Å²) < 4.78 is 1.42. The Kier molecular flexibility index (Phi) is 4.22. The average molecular weight is 313 g/mol. The number of likely N-dealkylation sites (tertiary alicyclic amines) is 1. The molecular formula is C14H15N7O2. The van der Waals surface area contributed by atoms with Crippen molar-refractivity contribution in [3.63, 3.8) is 0 Å². The Morgan fingerprint density at radius 1 is 1.43 bits per heavy atom. The number of azide groups is 1. The van der Waals surface area contributed by atoms with E-state index in [1.165, 1.54) is 10.2 Å². The van der Waals surface area contributed by atoms with E-state index < -0.39 is 5.97 Å². The number of hydrogen-bond acceptors (Lipinski definition) is 5. The fourth-order valence-corrected chi connectivity index (χ4v) is 2.81. The number of hydrogen-bond donors (Lipinski definition) is 1. The van der Waals surface area contributed by atoms with E-state index in [1.54, 1.807) is 0 Å². The Morgan fingerprint density at radius 3 is 2.91 bits per heavy atom. The van der Waals surface area contributed by atoms with Crippen LogP contribution in [0.4, 0.5) is 5.82 Å². The van der Waals surface area contributed by atoms with Crippen LogP contribution in [0, 0.1) is 0 Å². The number of carboxylic acids is 1. The van der Waals surface area contributed by atoms with Gasteiger partial charge in [-0.15, -0.1) is 5.10 Å². The van der Waals surface area contributed by atoms with Crippen molar-refractivity contribution < 1.29 is 9.90 Å². The molecule has 1 atom stereocenters. The topological polar surface area (TPSA) is 120 Å². The van der Waals surface area contributed by atoms with E-state index in [9.17, 15) is 4.79 Å². The number of benzene rings is 1. The lowest BCUT2D eigenvalue weighted by Gasteiger charge is -2.16. The van der Waals surface area contributed by atoms with E-state index in [0.717, 1.165) is 19.5 Å². The zero-order chi connectivity index (χ0) is 16.2. The van der Waals surface area contributed by atoms with Gasteiger partial charge in [-0.25, -0.2) is 9.48 Å². The maximum Gasteiger partial charge on any atom is 0.358 e. The molecule has 1 aliphatic heterocycles. The van der Waals surface area contributed by atoms with Gasteiger partial charge >= 0.3 is 5.97 Å². The number of carbonyl (C=O) groups is 1. The Balaban J connectivity index is 1.76. The van der Waals surface area contributed by atoms with Crippen LogP contribution in [0.15, 0.2) is 35.4 Å². The van der Waals surface area contributed by atoms with Crippen LogP contribution in [-0.4, -0.2) is 44.1 Å². The summed E-state index contributed by atoms with van der Waals surface area (Å²) in [6, 6.07) is 10.1. The number of rotatable bonds is 5. The van der Waals surface area contributed by atoms with E-state index >= 15 is 0 Å². The number of aromatic nitrogens is 3. The fraction of sp³-hybridized carbons (Fsp3) is 0.357. The van der Waals surface area contributed by atoms with E-state index in [4.69, 9.17) is 10.6 Å². The zero-order valence-electron chi connectivity index (χ0n) is 12.3. The SMILES string of the molecule is [N-]=[N+]=Nc1c(C(=O)O)nnn1C1CCN(Cc2ccccc2)C1. The molecule has 2 aromatic rings. The Bertz CT molecular complexity index is 752. The van der Waals surface area contributed by atoms with Gasteiger partial charge in [-0.2, -0.15) is 0 Å². The van der Waals surface area contributed by atoms with E-state index in [-0.39, 0.29) is 17.6 Å². The first-order valence-electron chi connectivity index (χ1n) is 7.19. The van der Waals surface area contributed by atoms with Gasteiger partial charge in [-0.1, -0.05) is 35.5 Å². The van der Waals surface area contributed by atoms with Gasteiger partial charge in [0.05, 0.1) is 6.04 Å². The molecule has 0 aliphatic carbocycles. The van der Waals surface area contributed by atoms with Crippen molar-refractivity contribution in [2.24, 2.45) is 5.11 Å². The molecule has 3 rings (SSSR count). The predicted molar refractivity (Wildman–Crippen MR) is 81.2 cm³/mol. The largest absolute Gasteiger partial charge is 0.476 e. The molecule has 1 fully saturated rings. The Hall–Kier alpha value is -2.90. The summed E-state index contributed by atoms with van der Waals surface area (Å²) in [7, 11) is 0. The molecule has 0 amide bonds. The lowest BCUT2D eigenvalue weighted by molar-refractivity contribution is 0.0691. The molecule has 9 nitrogen and oxygen atoms in total. The van der Waals surface area contributed by atoms with Gasteiger partial charge in [0.25, 0.3) is 0 Å². The Labute approximate surface area is 131 Å². The standard InChI is InChI=1S/C14H15N7O2/c15-18-17-13-12(14(22)23)16-19-21(13)11-6-7-20(9-11)8-10-4-2-1-3-5-10/h1-5,11H,6-9H2,(H,22,23). The number of carboxylic acid groups (broad SMARTS) is 1. The third-order valence-corrected chi connectivity index (χ3v) is 3.85. The molecule has 9 heteroatoms. The first kappa shape index (κ1) is 15.0. The monoisotopic (exact) mass is 313 g/mol. The molecule has 1 aliphatic rings. The molecule has 1 unspecified atom stereocenters. The van der Waals surface area contributed by atoms with Crippen LogP contribution in [0.5, 0.6) is 0 Å². The van der Waals surface area contributed by atoms with Gasteiger partial charge in [-0.05, 0) is 22.6 Å². The molecule has 118 valence electrons. The molecule has 1 N–H and O–H groups in total. The van der Waals surface area contributed by atoms with Crippen molar-refractivity contribution in [2.45, 2.75) is 19.0 Å². The van der Waals surface area contributed by atoms with Crippen molar-refractivity contribution >= 4 is 11.8 Å². The van der Waals surface area contributed by atoms with Crippen LogP contribution in [0.2, 0.25) is 0 Å². The van der Waals surface area contributed by atoms with E-state index in [2.05, 4.69) is 37.4 Å². The van der Waals surface area contributed by atoms with Crippen molar-refractivity contribution in [1.82, 2.24) is 19.9 Å². The van der Waals surface area contributed by atoms with E-state index in [0.29, 0.717) is 6.54 Å². The minimum absolute atomic E-state index is 0.0356. The summed E-state index contributed by atoms with van der Waals surface area (Å²) in [5.41, 5.74) is 9.54. The maximum absolute atomic E-state index is 11.1. The third-order valence-electron chi connectivity index (χ3n) is 3.85. The fourth-order valence-electron chi connectivity index (χ4n) is 2.81. The van der Waals surface area contributed by atoms with Crippen molar-refractivity contribution in [1.29, 1.82) is 0 Å². The summed E-state index contributed by atoms with van der Waals surface area (Å²) >= 11 is 0. The van der Waals surface area contributed by atoms with Gasteiger partial charge in [0.1, 0.15) is 0 Å². The number of nitrogens with zero attached hydrogens (tertiary/aromatic N) is 7. The molecule has 2 heterocycles. The first-order valence-corrected chi connectivity index (χ1v) is 7.19. The lowest BCUT2D eigenvalue weighted by Crippen LogP contribution is -2.21. The second-order valence-electron chi connectivity index (χ2n) is 5.36. The molecule has 1 aromatic heterocycles. The van der Waals surface area contributed by atoms with Crippen LogP contribution in [0.25, 0.3) is 10.4 Å². The second kappa shape index (κ2) is 6.47. The summed E-state index contributed by atoms with van der Waals surface area (Å²) in [6.07, 6.45) is 0.795. The summed E-state index contributed by atoms with van der Waals surface area (Å²) in [4.78, 5) is 16.1. The summed E-state index contributed by atoms with van der Waals surface area (Å²) in [5.74, 6) is -1.29. The minimum Gasteiger partial charge on any atom is -0.476 e. The van der Waals surface area contributed by atoms with Crippen molar-refractivity contribution in [2.75, 3.05) is 13.1 Å². The molecule has 23 heavy (non-hydrogen) atoms. The average Bonchev–Trinajstić information content (AvgIpc) is 3.15. The van der Waals surface area contributed by atoms with Crippen LogP contribution in [0.1, 0.15) is 28.5 Å². The lowest BCUT2D eigenvalue weighted by atomic mass is 10.2. The number of aromatic carboxylic acids is 1.